The molecule has 2 aliphatic rings. The molecule has 8 aromatic carbocycles. The lowest BCUT2D eigenvalue weighted by molar-refractivity contribution is 0.768. The number of halogens is 2. The third-order valence-electron chi connectivity index (χ3n) is 13.4. The minimum absolute atomic E-state index is 0.562. The number of hydrogen-bond donors (Lipinski definition) is 0. The van der Waals surface area contributed by atoms with Gasteiger partial charge in [-0.3, -0.25) is 4.98 Å². The van der Waals surface area contributed by atoms with Gasteiger partial charge in [0.25, 0.3) is 0 Å². The summed E-state index contributed by atoms with van der Waals surface area (Å²) in [5, 5.41) is 0. The lowest BCUT2D eigenvalue weighted by Crippen LogP contribution is -2.28. The number of aromatic nitrogens is 2. The third-order valence-corrected chi connectivity index (χ3v) is 14.4. The fourth-order valence-corrected chi connectivity index (χ4v) is 11.5. The van der Waals surface area contributed by atoms with Crippen molar-refractivity contribution in [2.24, 2.45) is 0 Å². The molecule has 0 atom stereocenters. The van der Waals surface area contributed by atoms with Crippen molar-refractivity contribution in [1.29, 1.82) is 0 Å². The smallest absolute Gasteiger partial charge is 0.0894 e. The summed E-state index contributed by atoms with van der Waals surface area (Å²) >= 11 is 7.75. The second kappa shape index (κ2) is 15.4. The Morgan fingerprint density at radius 3 is 1.16 bits per heavy atom. The van der Waals surface area contributed by atoms with Crippen LogP contribution in [0.2, 0.25) is 0 Å². The molecule has 10 aromatic rings. The molecule has 0 N–H and O–H groups in total. The first-order valence-corrected chi connectivity index (χ1v) is 23.2. The maximum absolute atomic E-state index is 5.59. The zero-order valence-electron chi connectivity index (χ0n) is 34.6. The first kappa shape index (κ1) is 38.7. The van der Waals surface area contributed by atoms with Gasteiger partial charge in [0, 0.05) is 26.3 Å². The second-order valence-corrected chi connectivity index (χ2v) is 18.5. The molecule has 302 valence electrons. The Hall–Kier alpha value is -6.98. The molecular weight excluding hydrogens is 908 g/mol. The lowest BCUT2D eigenvalue weighted by Gasteiger charge is -2.34. The van der Waals surface area contributed by atoms with Crippen LogP contribution in [0.3, 0.4) is 0 Å². The van der Waals surface area contributed by atoms with E-state index >= 15 is 0 Å². The zero-order chi connectivity index (χ0) is 42.8. The third kappa shape index (κ3) is 5.83. The fourth-order valence-electron chi connectivity index (χ4n) is 10.8. The van der Waals surface area contributed by atoms with Crippen LogP contribution in [0.1, 0.15) is 44.5 Å². The van der Waals surface area contributed by atoms with Gasteiger partial charge in [-0.2, -0.15) is 0 Å². The van der Waals surface area contributed by atoms with Crippen LogP contribution in [0.25, 0.3) is 56.0 Å². The maximum Gasteiger partial charge on any atom is 0.0894 e. The minimum Gasteiger partial charge on any atom is -0.255 e. The average molecular weight is 947 g/mol. The molecule has 64 heavy (non-hydrogen) atoms. The van der Waals surface area contributed by atoms with E-state index in [1.807, 2.05) is 24.4 Å². The van der Waals surface area contributed by atoms with Gasteiger partial charge < -0.3 is 0 Å². The number of pyridine rings is 2. The monoisotopic (exact) mass is 944 g/mol. The van der Waals surface area contributed by atoms with Crippen molar-refractivity contribution in [3.05, 3.63) is 284 Å². The van der Waals surface area contributed by atoms with Crippen LogP contribution in [0.4, 0.5) is 0 Å². The molecule has 0 unspecified atom stereocenters. The van der Waals surface area contributed by atoms with Gasteiger partial charge in [-0.05, 0) is 133 Å². The molecule has 0 radical (unpaired) electrons. The van der Waals surface area contributed by atoms with Gasteiger partial charge in [-0.1, -0.05) is 196 Å². The van der Waals surface area contributed by atoms with Crippen LogP contribution in [0.5, 0.6) is 0 Å². The predicted octanol–water partition coefficient (Wildman–Crippen LogP) is 15.7. The summed E-state index contributed by atoms with van der Waals surface area (Å²) in [7, 11) is 0. The predicted molar refractivity (Wildman–Crippen MR) is 268 cm³/mol. The number of fused-ring (bicyclic) bond motifs is 6. The molecule has 0 aliphatic heterocycles. The van der Waals surface area contributed by atoms with Crippen molar-refractivity contribution in [1.82, 2.24) is 9.97 Å². The van der Waals surface area contributed by atoms with Gasteiger partial charge >= 0.3 is 0 Å². The maximum atomic E-state index is 5.59. The lowest BCUT2D eigenvalue weighted by atomic mass is 9.67. The van der Waals surface area contributed by atoms with Crippen LogP contribution in [0, 0.1) is 0 Å². The number of benzene rings is 8. The quantitative estimate of drug-likeness (QED) is 0.159. The van der Waals surface area contributed by atoms with Crippen LogP contribution in [0.15, 0.2) is 240 Å². The number of nitrogens with zero attached hydrogens (tertiary/aromatic N) is 2. The van der Waals surface area contributed by atoms with E-state index in [4.69, 9.17) is 9.97 Å². The Morgan fingerprint density at radius 1 is 0.312 bits per heavy atom. The second-order valence-electron chi connectivity index (χ2n) is 16.7. The van der Waals surface area contributed by atoms with E-state index in [-0.39, 0.29) is 0 Å². The van der Waals surface area contributed by atoms with Crippen LogP contribution in [-0.4, -0.2) is 9.97 Å². The van der Waals surface area contributed by atoms with Gasteiger partial charge in [-0.15, -0.1) is 0 Å². The normalized spacial score (nSPS) is 13.7. The molecule has 0 bridgehead atoms. The molecule has 0 spiro atoms. The van der Waals surface area contributed by atoms with E-state index in [0.29, 0.717) is 0 Å². The van der Waals surface area contributed by atoms with E-state index in [1.54, 1.807) is 0 Å². The van der Waals surface area contributed by atoms with Crippen LogP contribution >= 0.6 is 31.9 Å². The van der Waals surface area contributed by atoms with Gasteiger partial charge in [0.15, 0.2) is 0 Å². The van der Waals surface area contributed by atoms with Gasteiger partial charge in [-0.25, -0.2) is 4.98 Å². The summed E-state index contributed by atoms with van der Waals surface area (Å²) in [5.74, 6) is 0. The van der Waals surface area contributed by atoms with Gasteiger partial charge in [0.1, 0.15) is 0 Å². The van der Waals surface area contributed by atoms with Crippen molar-refractivity contribution in [2.75, 3.05) is 0 Å². The highest BCUT2D eigenvalue weighted by Crippen LogP contribution is 2.59. The van der Waals surface area contributed by atoms with E-state index in [9.17, 15) is 0 Å². The SMILES string of the molecule is Brc1ccc2c(c1)C(c1ccccc1)(c1ccccc1)c1cc(-c3ccc(-c4ccccn4)nc3-c3ccc4c(c3)C(c3ccccc3)(c3ccccc3)c3cc(Br)ccc3-4)ccc1-2. The molecule has 12 rings (SSSR count). The molecule has 2 aliphatic carbocycles. The van der Waals surface area contributed by atoms with Gasteiger partial charge in [0.2, 0.25) is 0 Å². The average Bonchev–Trinajstić information content (AvgIpc) is 3.81. The summed E-state index contributed by atoms with van der Waals surface area (Å²) in [4.78, 5) is 10.4. The summed E-state index contributed by atoms with van der Waals surface area (Å²) < 4.78 is 2.11. The molecule has 4 heteroatoms. The molecule has 2 heterocycles. The summed E-state index contributed by atoms with van der Waals surface area (Å²) in [6.07, 6.45) is 1.84. The van der Waals surface area contributed by atoms with Crippen molar-refractivity contribution in [3.8, 4) is 56.0 Å². The highest BCUT2D eigenvalue weighted by atomic mass is 79.9. The highest BCUT2D eigenvalue weighted by molar-refractivity contribution is 9.10. The Balaban J connectivity index is 1.13. The molecular formula is C60H38Br2N2. The molecule has 0 saturated heterocycles. The number of rotatable bonds is 7. The topological polar surface area (TPSA) is 25.8 Å². The Kier molecular flexibility index (Phi) is 9.29. The summed E-state index contributed by atoms with van der Waals surface area (Å²) in [6, 6.07) is 81.8. The minimum atomic E-state index is -0.579. The fraction of sp³-hybridized carbons (Fsp3) is 0.0333. The first-order chi connectivity index (χ1) is 31.5. The van der Waals surface area contributed by atoms with Crippen LogP contribution < -0.4 is 0 Å². The Labute approximate surface area is 390 Å². The zero-order valence-corrected chi connectivity index (χ0v) is 37.8. The van der Waals surface area contributed by atoms with Crippen molar-refractivity contribution < 1.29 is 0 Å². The molecule has 2 nitrogen and oxygen atoms in total. The first-order valence-electron chi connectivity index (χ1n) is 21.6. The Morgan fingerprint density at radius 2 is 0.703 bits per heavy atom. The largest absolute Gasteiger partial charge is 0.255 e. The molecule has 0 amide bonds. The van der Waals surface area contributed by atoms with E-state index in [0.717, 1.165) is 42.7 Å². The summed E-state index contributed by atoms with van der Waals surface area (Å²) in [6.45, 7) is 0. The standard InChI is InChI=1S/C60H38Br2N2/c61-45-26-30-50-48-28-24-39(35-52(48)59(54(50)37-45,41-15-5-1-6-16-41)42-17-7-2-8-18-42)47-32-33-57(56-23-13-14-34-63-56)64-58(47)40-25-29-49-51-31-27-46(62)38-55(51)60(53(49)36-40,43-19-9-3-10-20-43)44-21-11-4-12-22-44/h1-38H. The number of hydrogen-bond acceptors (Lipinski definition) is 2. The summed E-state index contributed by atoms with van der Waals surface area (Å²) in [5.41, 5.74) is 19.4. The van der Waals surface area contributed by atoms with E-state index in [1.165, 1.54) is 66.8 Å². The van der Waals surface area contributed by atoms with Crippen LogP contribution in [-0.2, 0) is 10.8 Å². The van der Waals surface area contributed by atoms with Crippen molar-refractivity contribution in [2.45, 2.75) is 10.8 Å². The van der Waals surface area contributed by atoms with E-state index in [2.05, 4.69) is 238 Å². The van der Waals surface area contributed by atoms with Crippen molar-refractivity contribution in [3.63, 3.8) is 0 Å². The Bertz CT molecular complexity index is 3310. The molecule has 2 aromatic heterocycles. The molecule has 0 saturated carbocycles. The van der Waals surface area contributed by atoms with E-state index < -0.39 is 10.8 Å². The molecule has 0 fully saturated rings. The van der Waals surface area contributed by atoms with Gasteiger partial charge in [0.05, 0.1) is 27.9 Å². The highest BCUT2D eigenvalue weighted by Gasteiger charge is 2.48. The van der Waals surface area contributed by atoms with Crippen molar-refractivity contribution >= 4 is 31.9 Å².